The molecule has 5 amide bonds. The zero-order valence-corrected chi connectivity index (χ0v) is 28.5. The van der Waals surface area contributed by atoms with Crippen LogP contribution in [0.25, 0.3) is 11.1 Å². The van der Waals surface area contributed by atoms with E-state index < -0.39 is 23.9 Å². The average molecular weight is 707 g/mol. The van der Waals surface area contributed by atoms with Crippen molar-refractivity contribution in [1.82, 2.24) is 10.4 Å². The molecule has 1 fully saturated rings. The Balaban J connectivity index is 1.38. The van der Waals surface area contributed by atoms with Gasteiger partial charge in [-0.15, -0.1) is 0 Å². The van der Waals surface area contributed by atoms with E-state index in [1.807, 2.05) is 12.1 Å². The van der Waals surface area contributed by atoms with E-state index in [-0.39, 0.29) is 62.2 Å². The molecule has 2 aromatic carbocycles. The molecular weight excluding hydrogens is 664 g/mol. The minimum atomic E-state index is -1.24. The van der Waals surface area contributed by atoms with Gasteiger partial charge in [0.1, 0.15) is 18.7 Å². The minimum Gasteiger partial charge on any atom is -0.432 e. The lowest BCUT2D eigenvalue weighted by molar-refractivity contribution is -0.177. The van der Waals surface area contributed by atoms with E-state index in [2.05, 4.69) is 16.0 Å². The van der Waals surface area contributed by atoms with Gasteiger partial charge in [-0.25, -0.2) is 4.79 Å². The van der Waals surface area contributed by atoms with Crippen LogP contribution in [0.3, 0.4) is 0 Å². The van der Waals surface area contributed by atoms with Crippen LogP contribution >= 0.6 is 0 Å². The maximum Gasteiger partial charge on any atom is 0.533 e. The predicted molar refractivity (Wildman–Crippen MR) is 182 cm³/mol. The number of benzene rings is 2. The molecule has 4 rings (SSSR count). The molecule has 1 saturated heterocycles. The average Bonchev–Trinajstić information content (AvgIpc) is 3.57. The van der Waals surface area contributed by atoms with Crippen LogP contribution in [0.1, 0.15) is 88.2 Å². The third kappa shape index (κ3) is 11.6. The number of hydrogen-bond donors (Lipinski definition) is 3. The number of ether oxygens (including phenoxy) is 2. The summed E-state index contributed by atoms with van der Waals surface area (Å²) in [7, 11) is 0. The summed E-state index contributed by atoms with van der Waals surface area (Å²) in [6, 6.07) is 10.6. The van der Waals surface area contributed by atoms with Crippen molar-refractivity contribution in [2.24, 2.45) is 0 Å². The fourth-order valence-corrected chi connectivity index (χ4v) is 5.68. The summed E-state index contributed by atoms with van der Waals surface area (Å²) in [6.45, 7) is 2.32. The second-order valence-electron chi connectivity index (χ2n) is 12.2. The Morgan fingerprint density at radius 1 is 0.784 bits per heavy atom. The second kappa shape index (κ2) is 19.1. The molecule has 51 heavy (non-hydrogen) atoms. The molecule has 1 atom stereocenters. The number of carbonyl (C=O) groups is 8. The standard InChI is InChI=1S/C36H42N4O11/c1-23(42)6-4-8-32(44)38-24-10-12-26-27-13-11-25(39-33(45)9-5-7-31(43)37-16-19-49-18-3-2-17-41)21-29(27)30(28(26)20-24)22-50-36(48)51-40-34(46)14-15-35(40)47/h10-13,17,20-21,30H,2-9,14-16,18-19,22H2,1H3,(H,37,43)(H,38,44)(H,39,45). The number of anilines is 2. The van der Waals surface area contributed by atoms with Gasteiger partial charge in [0, 0.05) is 75.4 Å². The van der Waals surface area contributed by atoms with E-state index in [1.165, 1.54) is 6.92 Å². The summed E-state index contributed by atoms with van der Waals surface area (Å²) in [5, 5.41) is 8.81. The van der Waals surface area contributed by atoms with Gasteiger partial charge in [-0.1, -0.05) is 17.2 Å². The summed E-state index contributed by atoms with van der Waals surface area (Å²) in [5.41, 5.74) is 4.01. The van der Waals surface area contributed by atoms with E-state index in [1.54, 1.807) is 24.3 Å². The van der Waals surface area contributed by atoms with E-state index in [0.717, 1.165) is 17.4 Å². The van der Waals surface area contributed by atoms with E-state index in [0.29, 0.717) is 79.4 Å². The van der Waals surface area contributed by atoms with Gasteiger partial charge in [0.25, 0.3) is 11.8 Å². The number of imide groups is 1. The molecule has 15 nitrogen and oxygen atoms in total. The van der Waals surface area contributed by atoms with Gasteiger partial charge in [0.05, 0.1) is 6.61 Å². The van der Waals surface area contributed by atoms with Crippen molar-refractivity contribution in [3.05, 3.63) is 47.5 Å². The zero-order chi connectivity index (χ0) is 36.8. The van der Waals surface area contributed by atoms with Gasteiger partial charge in [0.2, 0.25) is 17.7 Å². The fraction of sp³-hybridized carbons (Fsp3) is 0.444. The number of nitrogens with one attached hydrogen (secondary N) is 3. The normalized spacial score (nSPS) is 14.4. The Hall–Kier alpha value is -5.44. The highest BCUT2D eigenvalue weighted by atomic mass is 16.8. The summed E-state index contributed by atoms with van der Waals surface area (Å²) in [4.78, 5) is 100. The second-order valence-corrected chi connectivity index (χ2v) is 12.2. The minimum absolute atomic E-state index is 0.00161. The number of aldehydes is 1. The first-order valence-electron chi connectivity index (χ1n) is 16.9. The first-order chi connectivity index (χ1) is 24.5. The summed E-state index contributed by atoms with van der Waals surface area (Å²) in [6.07, 6.45) is 1.95. The smallest absolute Gasteiger partial charge is 0.432 e. The van der Waals surface area contributed by atoms with Gasteiger partial charge < -0.3 is 35.0 Å². The first kappa shape index (κ1) is 38.4. The van der Waals surface area contributed by atoms with E-state index >= 15 is 0 Å². The lowest BCUT2D eigenvalue weighted by atomic mass is 9.97. The number of unbranched alkanes of at least 4 members (excludes halogenated alkanes) is 1. The Morgan fingerprint density at radius 2 is 1.35 bits per heavy atom. The first-order valence-corrected chi connectivity index (χ1v) is 16.9. The third-order valence-corrected chi connectivity index (χ3v) is 8.17. The topological polar surface area (TPSA) is 204 Å². The molecular formula is C36H42N4O11. The van der Waals surface area contributed by atoms with Gasteiger partial charge in [-0.3, -0.25) is 28.8 Å². The SMILES string of the molecule is CC(=O)CCCC(=O)Nc1ccc2c(c1)C(COC(=O)ON1C(=O)CCC1=O)c1cc(NC(=O)CCCC(=O)NCCOCCCC=O)ccc1-2. The molecule has 1 heterocycles. The van der Waals surface area contributed by atoms with Gasteiger partial charge in [-0.2, -0.15) is 0 Å². The van der Waals surface area contributed by atoms with Crippen molar-refractivity contribution in [3.8, 4) is 11.1 Å². The van der Waals surface area contributed by atoms with Crippen molar-refractivity contribution in [2.45, 2.75) is 77.0 Å². The molecule has 2 aliphatic rings. The van der Waals surface area contributed by atoms with Crippen LogP contribution in [0.2, 0.25) is 0 Å². The highest BCUT2D eigenvalue weighted by molar-refractivity contribution is 6.01. The van der Waals surface area contributed by atoms with Crippen molar-refractivity contribution < 1.29 is 52.7 Å². The molecule has 1 aliphatic heterocycles. The zero-order valence-electron chi connectivity index (χ0n) is 28.5. The number of rotatable bonds is 20. The van der Waals surface area contributed by atoms with Crippen molar-refractivity contribution >= 4 is 59.1 Å². The van der Waals surface area contributed by atoms with Crippen LogP contribution < -0.4 is 16.0 Å². The van der Waals surface area contributed by atoms with Crippen LogP contribution in [0, 0.1) is 0 Å². The lowest BCUT2D eigenvalue weighted by Crippen LogP contribution is -2.32. The summed E-state index contributed by atoms with van der Waals surface area (Å²) >= 11 is 0. The molecule has 3 N–H and O–H groups in total. The molecule has 2 aromatic rings. The molecule has 1 aliphatic carbocycles. The maximum absolute atomic E-state index is 12.8. The Morgan fingerprint density at radius 3 is 1.92 bits per heavy atom. The maximum atomic E-state index is 12.8. The number of ketones is 1. The molecule has 15 heteroatoms. The molecule has 1 unspecified atom stereocenters. The quantitative estimate of drug-likeness (QED) is 0.0779. The highest BCUT2D eigenvalue weighted by Crippen LogP contribution is 2.47. The van der Waals surface area contributed by atoms with Crippen LogP contribution in [0.4, 0.5) is 16.2 Å². The number of hydroxylamine groups is 2. The molecule has 272 valence electrons. The number of hydrogen-bond acceptors (Lipinski definition) is 11. The monoisotopic (exact) mass is 706 g/mol. The van der Waals surface area contributed by atoms with Gasteiger partial charge >= 0.3 is 6.16 Å². The molecule has 0 aromatic heterocycles. The number of nitrogens with zero attached hydrogens (tertiary/aromatic N) is 1. The molecule has 0 radical (unpaired) electrons. The fourth-order valence-electron chi connectivity index (χ4n) is 5.68. The van der Waals surface area contributed by atoms with Crippen LogP contribution in [-0.4, -0.2) is 79.2 Å². The predicted octanol–water partition coefficient (Wildman–Crippen LogP) is 3.93. The Bertz CT molecular complexity index is 1640. The summed E-state index contributed by atoms with van der Waals surface area (Å²) in [5.74, 6) is -2.64. The number of amides is 5. The highest BCUT2D eigenvalue weighted by Gasteiger charge is 2.35. The van der Waals surface area contributed by atoms with Crippen LogP contribution in [-0.2, 0) is 47.9 Å². The number of fused-ring (bicyclic) bond motifs is 3. The number of Topliss-reactive ketones (excluding diaryl/α,β-unsaturated/α-hetero) is 1. The van der Waals surface area contributed by atoms with Crippen molar-refractivity contribution in [2.75, 3.05) is 37.0 Å². The number of carbonyl (C=O) groups excluding carboxylic acids is 8. The Labute approximate surface area is 294 Å². The lowest BCUT2D eigenvalue weighted by Gasteiger charge is -2.17. The van der Waals surface area contributed by atoms with Gasteiger partial charge in [-0.05, 0) is 72.7 Å². The van der Waals surface area contributed by atoms with Crippen molar-refractivity contribution in [3.63, 3.8) is 0 Å². The Kier molecular flexibility index (Phi) is 14.4. The third-order valence-electron chi connectivity index (χ3n) is 8.17. The molecule has 0 bridgehead atoms. The summed E-state index contributed by atoms with van der Waals surface area (Å²) < 4.78 is 10.7. The van der Waals surface area contributed by atoms with Gasteiger partial charge in [0.15, 0.2) is 0 Å². The van der Waals surface area contributed by atoms with E-state index in [9.17, 15) is 38.4 Å². The van der Waals surface area contributed by atoms with Crippen LogP contribution in [0.5, 0.6) is 0 Å². The van der Waals surface area contributed by atoms with Crippen LogP contribution in [0.15, 0.2) is 36.4 Å². The van der Waals surface area contributed by atoms with E-state index in [4.69, 9.17) is 14.3 Å². The molecule has 0 saturated carbocycles. The largest absolute Gasteiger partial charge is 0.533 e. The van der Waals surface area contributed by atoms with Crippen molar-refractivity contribution in [1.29, 1.82) is 0 Å². The molecule has 0 spiro atoms.